The molecule has 6 atom stereocenters. The molecule has 0 aromatic rings. The van der Waals surface area contributed by atoms with Crippen LogP contribution in [0.3, 0.4) is 0 Å². The van der Waals surface area contributed by atoms with Crippen molar-refractivity contribution >= 4 is 5.78 Å². The van der Waals surface area contributed by atoms with Crippen LogP contribution >= 0.6 is 0 Å². The maximum absolute atomic E-state index is 11.9. The Bertz CT molecular complexity index is 587. The van der Waals surface area contributed by atoms with Crippen LogP contribution in [0.25, 0.3) is 0 Å². The molecular weight excluding hydrogens is 284 g/mol. The van der Waals surface area contributed by atoms with Crippen molar-refractivity contribution in [3.8, 4) is 0 Å². The van der Waals surface area contributed by atoms with E-state index in [9.17, 15) is 4.79 Å². The highest BCUT2D eigenvalue weighted by Gasteiger charge is 2.66. The molecule has 0 aromatic carbocycles. The van der Waals surface area contributed by atoms with Crippen molar-refractivity contribution in [1.82, 2.24) is 0 Å². The fraction of sp³-hybridized carbons (Fsp3) is 0.857. The average molecular weight is 314 g/mol. The first-order chi connectivity index (χ1) is 11.0. The van der Waals surface area contributed by atoms with Gasteiger partial charge < -0.3 is 4.74 Å². The number of fused-ring (bicyclic) bond motifs is 6. The first kappa shape index (κ1) is 14.7. The molecule has 0 bridgehead atoms. The molecule has 0 amide bonds. The second kappa shape index (κ2) is 4.50. The number of ether oxygens (including phenoxy) is 1. The van der Waals surface area contributed by atoms with E-state index in [0.717, 1.165) is 37.2 Å². The number of ketones is 1. The van der Waals surface area contributed by atoms with Crippen molar-refractivity contribution in [2.45, 2.75) is 77.2 Å². The minimum atomic E-state index is 0.238. The summed E-state index contributed by atoms with van der Waals surface area (Å²) in [7, 11) is 0. The van der Waals surface area contributed by atoms with Crippen LogP contribution in [0.2, 0.25) is 0 Å². The Balaban J connectivity index is 1.50. The number of hydrogen-bond acceptors (Lipinski definition) is 2. The second-order valence-corrected chi connectivity index (χ2v) is 9.56. The zero-order chi connectivity index (χ0) is 15.9. The van der Waals surface area contributed by atoms with Crippen LogP contribution in [0, 0.1) is 28.6 Å². The van der Waals surface area contributed by atoms with E-state index in [2.05, 4.69) is 13.8 Å². The molecule has 4 aliphatic carbocycles. The fourth-order valence-corrected chi connectivity index (χ4v) is 7.65. The SMILES string of the molecule is C[C@]12CCC(=O)C=C1CC[C@H]1[C@H]3CC[C@@]4(CCO4)[C@@]3(C)CC[C@@H]12. The summed E-state index contributed by atoms with van der Waals surface area (Å²) >= 11 is 0. The van der Waals surface area contributed by atoms with Gasteiger partial charge in [0.05, 0.1) is 12.2 Å². The molecule has 126 valence electrons. The summed E-state index contributed by atoms with van der Waals surface area (Å²) in [5.41, 5.74) is 2.47. The van der Waals surface area contributed by atoms with Gasteiger partial charge in [-0.25, -0.2) is 0 Å². The molecular formula is C21H30O2. The van der Waals surface area contributed by atoms with Gasteiger partial charge >= 0.3 is 0 Å². The molecule has 5 rings (SSSR count). The summed E-state index contributed by atoms with van der Waals surface area (Å²) in [5, 5.41) is 0. The Kier molecular flexibility index (Phi) is 2.88. The predicted octanol–water partition coefficient (Wildman–Crippen LogP) is 4.68. The van der Waals surface area contributed by atoms with Gasteiger partial charge in [0.1, 0.15) is 0 Å². The number of allylic oxidation sites excluding steroid dienone is 1. The maximum atomic E-state index is 11.9. The van der Waals surface area contributed by atoms with Crippen molar-refractivity contribution in [2.75, 3.05) is 6.61 Å². The van der Waals surface area contributed by atoms with Crippen LogP contribution in [0.5, 0.6) is 0 Å². The third kappa shape index (κ3) is 1.67. The third-order valence-corrected chi connectivity index (χ3v) is 9.14. The van der Waals surface area contributed by atoms with Crippen molar-refractivity contribution in [3.05, 3.63) is 11.6 Å². The summed E-state index contributed by atoms with van der Waals surface area (Å²) in [6.45, 7) is 6.02. The van der Waals surface area contributed by atoms with E-state index in [1.54, 1.807) is 0 Å². The zero-order valence-corrected chi connectivity index (χ0v) is 14.7. The van der Waals surface area contributed by atoms with Gasteiger partial charge in [0.2, 0.25) is 0 Å². The molecule has 23 heavy (non-hydrogen) atoms. The third-order valence-electron chi connectivity index (χ3n) is 9.14. The molecule has 0 unspecified atom stereocenters. The number of carbonyl (C=O) groups excluding carboxylic acids is 1. The first-order valence-corrected chi connectivity index (χ1v) is 9.86. The van der Waals surface area contributed by atoms with Gasteiger partial charge in [0.15, 0.2) is 5.78 Å². The average Bonchev–Trinajstić information content (AvgIpc) is 2.81. The van der Waals surface area contributed by atoms with E-state index in [1.165, 1.54) is 50.5 Å². The quantitative estimate of drug-likeness (QED) is 0.649. The molecule has 1 spiro atoms. The molecule has 5 aliphatic rings. The molecule has 0 aromatic heterocycles. The molecule has 4 fully saturated rings. The van der Waals surface area contributed by atoms with Gasteiger partial charge in [0, 0.05) is 12.8 Å². The Hall–Kier alpha value is -0.630. The van der Waals surface area contributed by atoms with Gasteiger partial charge in [-0.1, -0.05) is 19.4 Å². The van der Waals surface area contributed by atoms with Gasteiger partial charge in [0.25, 0.3) is 0 Å². The molecule has 1 heterocycles. The van der Waals surface area contributed by atoms with Gasteiger partial charge in [-0.3, -0.25) is 4.79 Å². The Morgan fingerprint density at radius 3 is 2.52 bits per heavy atom. The lowest BCUT2D eigenvalue weighted by atomic mass is 9.46. The number of hydrogen-bond donors (Lipinski definition) is 0. The van der Waals surface area contributed by atoms with Gasteiger partial charge in [-0.15, -0.1) is 0 Å². The largest absolute Gasteiger partial charge is 0.374 e. The van der Waals surface area contributed by atoms with Crippen molar-refractivity contribution < 1.29 is 9.53 Å². The smallest absolute Gasteiger partial charge is 0.155 e. The fourth-order valence-electron chi connectivity index (χ4n) is 7.65. The van der Waals surface area contributed by atoms with Crippen molar-refractivity contribution in [2.24, 2.45) is 28.6 Å². The highest BCUT2D eigenvalue weighted by molar-refractivity contribution is 5.91. The first-order valence-electron chi connectivity index (χ1n) is 9.86. The molecule has 3 saturated carbocycles. The van der Waals surface area contributed by atoms with Crippen LogP contribution in [-0.2, 0) is 9.53 Å². The summed E-state index contributed by atoms with van der Waals surface area (Å²) in [5.74, 6) is 2.91. The van der Waals surface area contributed by atoms with Crippen LogP contribution in [0.15, 0.2) is 11.6 Å². The minimum Gasteiger partial charge on any atom is -0.374 e. The highest BCUT2D eigenvalue weighted by Crippen LogP contribution is 2.70. The number of carbonyl (C=O) groups is 1. The molecule has 0 N–H and O–H groups in total. The van der Waals surface area contributed by atoms with Crippen LogP contribution in [0.1, 0.15) is 71.6 Å². The van der Waals surface area contributed by atoms with Crippen LogP contribution in [0.4, 0.5) is 0 Å². The zero-order valence-electron chi connectivity index (χ0n) is 14.7. The normalized spacial score (nSPS) is 54.8. The van der Waals surface area contributed by atoms with Crippen LogP contribution in [-0.4, -0.2) is 18.0 Å². The Morgan fingerprint density at radius 1 is 1.00 bits per heavy atom. The molecule has 2 heteroatoms. The summed E-state index contributed by atoms with van der Waals surface area (Å²) in [4.78, 5) is 11.9. The molecule has 0 radical (unpaired) electrons. The molecule has 1 saturated heterocycles. The van der Waals surface area contributed by atoms with Gasteiger partial charge in [-0.05, 0) is 79.6 Å². The minimum absolute atomic E-state index is 0.238. The molecule has 1 aliphatic heterocycles. The summed E-state index contributed by atoms with van der Waals surface area (Å²) < 4.78 is 6.22. The highest BCUT2D eigenvalue weighted by atomic mass is 16.5. The van der Waals surface area contributed by atoms with E-state index in [0.29, 0.717) is 16.6 Å². The molecule has 2 nitrogen and oxygen atoms in total. The second-order valence-electron chi connectivity index (χ2n) is 9.56. The van der Waals surface area contributed by atoms with E-state index < -0.39 is 0 Å². The topological polar surface area (TPSA) is 26.3 Å². The van der Waals surface area contributed by atoms with Crippen molar-refractivity contribution in [1.29, 1.82) is 0 Å². The Labute approximate surface area is 140 Å². The standard InChI is InChI=1S/C21H30O2/c1-19-8-5-15(22)13-14(19)3-4-16-17(19)6-9-20(2)18(16)7-10-21(20)11-12-23-21/h13,16-18H,3-12H2,1-2H3/t16-,17+,18-,19+,20+,21-/m1/s1. The summed E-state index contributed by atoms with van der Waals surface area (Å²) in [6.07, 6.45) is 13.1. The lowest BCUT2D eigenvalue weighted by Gasteiger charge is -2.61. The van der Waals surface area contributed by atoms with E-state index in [1.807, 2.05) is 6.08 Å². The maximum Gasteiger partial charge on any atom is 0.155 e. The monoisotopic (exact) mass is 314 g/mol. The van der Waals surface area contributed by atoms with E-state index in [4.69, 9.17) is 4.74 Å². The predicted molar refractivity (Wildman–Crippen MR) is 90.0 cm³/mol. The van der Waals surface area contributed by atoms with E-state index >= 15 is 0 Å². The summed E-state index contributed by atoms with van der Waals surface area (Å²) in [6, 6.07) is 0. The lowest BCUT2D eigenvalue weighted by Crippen LogP contribution is -2.59. The number of rotatable bonds is 0. The van der Waals surface area contributed by atoms with E-state index in [-0.39, 0.29) is 5.60 Å². The van der Waals surface area contributed by atoms with Gasteiger partial charge in [-0.2, -0.15) is 0 Å². The van der Waals surface area contributed by atoms with Crippen LogP contribution < -0.4 is 0 Å². The van der Waals surface area contributed by atoms with Crippen molar-refractivity contribution in [3.63, 3.8) is 0 Å². The lowest BCUT2D eigenvalue weighted by molar-refractivity contribution is -0.226. The Morgan fingerprint density at radius 2 is 1.78 bits per heavy atom.